The zero-order valence-corrected chi connectivity index (χ0v) is 28.5. The summed E-state index contributed by atoms with van der Waals surface area (Å²) in [7, 11) is 1.52. The number of methoxy groups -OCH3 is 1. The molecule has 49 heavy (non-hydrogen) atoms. The molecular formula is C36H33BrN4O8. The van der Waals surface area contributed by atoms with Gasteiger partial charge in [0.1, 0.15) is 5.75 Å². The maximum Gasteiger partial charge on any atom is 0.340 e. The first-order valence-corrected chi connectivity index (χ1v) is 16.4. The lowest BCUT2D eigenvalue weighted by Crippen LogP contribution is -2.64. The summed E-state index contributed by atoms with van der Waals surface area (Å²) >= 11 is 3.67. The number of para-hydroxylation sites is 1. The van der Waals surface area contributed by atoms with E-state index in [-0.39, 0.29) is 25.4 Å². The summed E-state index contributed by atoms with van der Waals surface area (Å²) in [5.74, 6) is -1.89. The van der Waals surface area contributed by atoms with E-state index in [9.17, 15) is 19.7 Å². The number of hydrogen-bond acceptors (Lipinski definition) is 10. The predicted octanol–water partition coefficient (Wildman–Crippen LogP) is 5.78. The number of non-ortho nitro benzene ring substituents is 1. The second-order valence-electron chi connectivity index (χ2n) is 11.4. The number of esters is 2. The molecule has 12 nitrogen and oxygen atoms in total. The SMILES string of the molecule is CCOC(=O)C1(C(=O)OCC)N[C@]2(C(=O)N(Cc3ccccc3)c3c(Br)cccc32)N(c2ccc(OC)cc2)[C@H]1c1ccc([N+](=O)[O-])cc1. The number of ether oxygens (including phenoxy) is 3. The van der Waals surface area contributed by atoms with Crippen LogP contribution >= 0.6 is 15.9 Å². The molecule has 0 unspecified atom stereocenters. The summed E-state index contributed by atoms with van der Waals surface area (Å²) in [6.45, 7) is 3.22. The zero-order valence-electron chi connectivity index (χ0n) is 26.9. The van der Waals surface area contributed by atoms with E-state index >= 15 is 4.79 Å². The van der Waals surface area contributed by atoms with Crippen molar-refractivity contribution in [3.05, 3.63) is 128 Å². The average molecular weight is 730 g/mol. The van der Waals surface area contributed by atoms with Gasteiger partial charge in [-0.25, -0.2) is 9.59 Å². The lowest BCUT2D eigenvalue weighted by atomic mass is 9.85. The van der Waals surface area contributed by atoms with E-state index < -0.39 is 40.0 Å². The number of fused-ring (bicyclic) bond motifs is 2. The van der Waals surface area contributed by atoms with E-state index in [1.807, 2.05) is 36.4 Å². The van der Waals surface area contributed by atoms with Crippen molar-refractivity contribution in [1.29, 1.82) is 0 Å². The van der Waals surface area contributed by atoms with Crippen LogP contribution in [0.2, 0.25) is 0 Å². The molecule has 0 bridgehead atoms. The number of nitro benzene ring substituents is 1. The Kier molecular flexibility index (Phi) is 9.14. The third kappa shape index (κ3) is 5.39. The summed E-state index contributed by atoms with van der Waals surface area (Å²) in [5, 5.41) is 14.9. The second-order valence-corrected chi connectivity index (χ2v) is 12.3. The number of nitro groups is 1. The molecule has 0 aliphatic carbocycles. The molecule has 2 atom stereocenters. The number of nitrogens with one attached hydrogen (secondary N) is 1. The summed E-state index contributed by atoms with van der Waals surface area (Å²) in [4.78, 5) is 58.7. The highest BCUT2D eigenvalue weighted by atomic mass is 79.9. The van der Waals surface area contributed by atoms with Gasteiger partial charge in [0.15, 0.2) is 0 Å². The summed E-state index contributed by atoms with van der Waals surface area (Å²) in [6, 6.07) is 25.8. The summed E-state index contributed by atoms with van der Waals surface area (Å²) in [5.41, 5.74) is -1.83. The van der Waals surface area contributed by atoms with Crippen LogP contribution in [0.15, 0.2) is 102 Å². The van der Waals surface area contributed by atoms with Crippen LogP contribution in [0.1, 0.15) is 36.6 Å². The number of carbonyl (C=O) groups is 3. The number of rotatable bonds is 10. The molecule has 6 rings (SSSR count). The monoisotopic (exact) mass is 728 g/mol. The average Bonchev–Trinajstić information content (AvgIpc) is 3.56. The Morgan fingerprint density at radius 2 is 1.53 bits per heavy atom. The van der Waals surface area contributed by atoms with Gasteiger partial charge in [-0.3, -0.25) is 20.2 Å². The summed E-state index contributed by atoms with van der Waals surface area (Å²) < 4.78 is 17.3. The third-order valence-electron chi connectivity index (χ3n) is 8.76. The van der Waals surface area contributed by atoms with Gasteiger partial charge in [-0.2, -0.15) is 0 Å². The predicted molar refractivity (Wildman–Crippen MR) is 184 cm³/mol. The Bertz CT molecular complexity index is 1890. The molecule has 1 amide bonds. The van der Waals surface area contributed by atoms with E-state index in [2.05, 4.69) is 21.2 Å². The van der Waals surface area contributed by atoms with Crippen LogP contribution in [0.4, 0.5) is 17.1 Å². The van der Waals surface area contributed by atoms with Gasteiger partial charge in [0, 0.05) is 27.9 Å². The maximum absolute atomic E-state index is 15.4. The first-order valence-electron chi connectivity index (χ1n) is 15.6. The van der Waals surface area contributed by atoms with Crippen LogP contribution in [-0.4, -0.2) is 48.6 Å². The minimum atomic E-state index is -2.33. The number of hydrogen-bond donors (Lipinski definition) is 1. The quantitative estimate of drug-likeness (QED) is 0.0925. The minimum Gasteiger partial charge on any atom is -0.497 e. The largest absolute Gasteiger partial charge is 0.497 e. The Labute approximate surface area is 290 Å². The first kappa shape index (κ1) is 33.6. The van der Waals surface area contributed by atoms with Gasteiger partial charge in [-0.15, -0.1) is 0 Å². The molecule has 1 saturated heterocycles. The van der Waals surface area contributed by atoms with Crippen LogP contribution in [-0.2, 0) is 36.1 Å². The second kappa shape index (κ2) is 13.3. The molecule has 2 aliphatic rings. The van der Waals surface area contributed by atoms with Gasteiger partial charge in [0.2, 0.25) is 11.2 Å². The number of anilines is 2. The number of benzene rings is 4. The molecule has 252 valence electrons. The Morgan fingerprint density at radius 1 is 0.898 bits per heavy atom. The molecule has 0 aromatic heterocycles. The van der Waals surface area contributed by atoms with E-state index in [0.29, 0.717) is 32.7 Å². The van der Waals surface area contributed by atoms with Gasteiger partial charge >= 0.3 is 11.9 Å². The maximum atomic E-state index is 15.4. The fraction of sp³-hybridized carbons (Fsp3) is 0.250. The van der Waals surface area contributed by atoms with Gasteiger partial charge in [0.05, 0.1) is 43.5 Å². The molecule has 2 heterocycles. The fourth-order valence-electron chi connectivity index (χ4n) is 6.73. The van der Waals surface area contributed by atoms with Crippen molar-refractivity contribution in [1.82, 2.24) is 5.32 Å². The third-order valence-corrected chi connectivity index (χ3v) is 9.40. The Balaban J connectivity index is 1.71. The molecule has 4 aromatic rings. The topological polar surface area (TPSA) is 141 Å². The fourth-order valence-corrected chi connectivity index (χ4v) is 7.31. The summed E-state index contributed by atoms with van der Waals surface area (Å²) in [6.07, 6.45) is 0. The lowest BCUT2D eigenvalue weighted by molar-refractivity contribution is -0.384. The van der Waals surface area contributed by atoms with E-state index in [1.54, 1.807) is 60.0 Å². The van der Waals surface area contributed by atoms with Crippen LogP contribution in [0.25, 0.3) is 0 Å². The smallest absolute Gasteiger partial charge is 0.340 e. The van der Waals surface area contributed by atoms with E-state index in [1.165, 1.54) is 31.4 Å². The van der Waals surface area contributed by atoms with Crippen molar-refractivity contribution in [3.63, 3.8) is 0 Å². The number of halogens is 1. The van der Waals surface area contributed by atoms with Crippen LogP contribution < -0.4 is 19.9 Å². The molecule has 1 spiro atoms. The van der Waals surface area contributed by atoms with Crippen molar-refractivity contribution >= 4 is 50.8 Å². The highest BCUT2D eigenvalue weighted by molar-refractivity contribution is 9.10. The van der Waals surface area contributed by atoms with Crippen molar-refractivity contribution in [3.8, 4) is 5.75 Å². The van der Waals surface area contributed by atoms with E-state index in [0.717, 1.165) is 5.56 Å². The lowest BCUT2D eigenvalue weighted by Gasteiger charge is -2.39. The highest BCUT2D eigenvalue weighted by Gasteiger charge is 2.74. The Hall–Kier alpha value is -5.27. The van der Waals surface area contributed by atoms with Crippen molar-refractivity contribution in [2.75, 3.05) is 30.1 Å². The van der Waals surface area contributed by atoms with Crippen molar-refractivity contribution < 1.29 is 33.5 Å². The number of carbonyl (C=O) groups excluding carboxylic acids is 3. The molecule has 0 saturated carbocycles. The Morgan fingerprint density at radius 3 is 2.10 bits per heavy atom. The van der Waals surface area contributed by atoms with Crippen molar-refractivity contribution in [2.45, 2.75) is 37.6 Å². The zero-order chi connectivity index (χ0) is 34.9. The van der Waals surface area contributed by atoms with Crippen LogP contribution in [0.5, 0.6) is 5.75 Å². The van der Waals surface area contributed by atoms with Crippen LogP contribution in [0.3, 0.4) is 0 Å². The van der Waals surface area contributed by atoms with Gasteiger partial charge in [-0.1, -0.05) is 54.6 Å². The number of amides is 1. The molecule has 0 radical (unpaired) electrons. The van der Waals surface area contributed by atoms with Crippen LogP contribution in [0, 0.1) is 10.1 Å². The standard InChI is InChI=1S/C36H33BrN4O8/c1-4-48-33(43)35(34(44)49-5-2)31(24-14-16-26(17-15-24)41(45)46)40(25-18-20-27(47-3)21-19-25)36(38-35)28-12-9-13-29(37)30(28)39(32(36)42)22-23-10-7-6-8-11-23/h6-21,31,38H,4-5,22H2,1-3H3/t31-,36-/m0/s1. The molecule has 13 heteroatoms. The van der Waals surface area contributed by atoms with E-state index in [4.69, 9.17) is 14.2 Å². The molecular weight excluding hydrogens is 696 g/mol. The minimum absolute atomic E-state index is 0.0829. The molecule has 1 N–H and O–H groups in total. The highest BCUT2D eigenvalue weighted by Crippen LogP contribution is 2.58. The normalized spacial score (nSPS) is 19.1. The van der Waals surface area contributed by atoms with Gasteiger partial charge < -0.3 is 24.0 Å². The molecule has 4 aromatic carbocycles. The molecule has 2 aliphatic heterocycles. The molecule has 1 fully saturated rings. The van der Waals surface area contributed by atoms with Crippen molar-refractivity contribution in [2.24, 2.45) is 0 Å². The number of nitrogens with zero attached hydrogens (tertiary/aromatic N) is 3. The van der Waals surface area contributed by atoms with Gasteiger partial charge in [-0.05, 0) is 71.2 Å². The van der Waals surface area contributed by atoms with Gasteiger partial charge in [0.25, 0.3) is 11.6 Å². The first-order chi connectivity index (χ1) is 23.6.